The van der Waals surface area contributed by atoms with Gasteiger partial charge in [0.25, 0.3) is 11.5 Å². The smallest absolute Gasteiger partial charge is 0.270 e. The molecule has 0 saturated carbocycles. The first kappa shape index (κ1) is 19.4. The number of pyridine rings is 1. The average molecular weight is 427 g/mol. The van der Waals surface area contributed by atoms with Crippen LogP contribution in [0.25, 0.3) is 21.7 Å². The minimum atomic E-state index is -1.03. The number of rotatable bonds is 2. The third-order valence-electron chi connectivity index (χ3n) is 5.67. The maximum Gasteiger partial charge on any atom is 0.270 e. The van der Waals surface area contributed by atoms with Crippen LogP contribution in [0.15, 0.2) is 41.2 Å². The summed E-state index contributed by atoms with van der Waals surface area (Å²) in [6.45, 7) is 0.296. The zero-order valence-corrected chi connectivity index (χ0v) is 16.3. The summed E-state index contributed by atoms with van der Waals surface area (Å²) in [5, 5.41) is 0.676. The third kappa shape index (κ3) is 3.00. The van der Waals surface area contributed by atoms with E-state index in [1.165, 1.54) is 29.2 Å². The molecule has 31 heavy (non-hydrogen) atoms. The maximum atomic E-state index is 14.1. The van der Waals surface area contributed by atoms with E-state index < -0.39 is 35.0 Å². The highest BCUT2D eigenvalue weighted by molar-refractivity contribution is 5.98. The van der Waals surface area contributed by atoms with E-state index in [1.54, 1.807) is 7.05 Å². The number of amides is 1. The van der Waals surface area contributed by atoms with Crippen LogP contribution >= 0.6 is 0 Å². The molecule has 1 aliphatic heterocycles. The molecule has 158 valence electrons. The Morgan fingerprint density at radius 1 is 1.06 bits per heavy atom. The van der Waals surface area contributed by atoms with Gasteiger partial charge in [-0.3, -0.25) is 9.59 Å². The van der Waals surface area contributed by atoms with Crippen molar-refractivity contribution < 1.29 is 22.7 Å². The number of ether oxygens (including phenoxy) is 1. The fraction of sp³-hybridized carbons (Fsp3) is 0.182. The minimum absolute atomic E-state index is 0.0256. The fourth-order valence-corrected chi connectivity index (χ4v) is 4.12. The van der Waals surface area contributed by atoms with Crippen LogP contribution in [0, 0.1) is 17.5 Å². The maximum absolute atomic E-state index is 14.1. The molecule has 1 amide bonds. The average Bonchev–Trinajstić information content (AvgIpc) is 3.20. The first-order valence-electron chi connectivity index (χ1n) is 9.51. The lowest BCUT2D eigenvalue weighted by Gasteiger charge is -2.33. The second-order valence-electron chi connectivity index (χ2n) is 7.49. The highest BCUT2D eigenvalue weighted by atomic mass is 19.2. The predicted octanol–water partition coefficient (Wildman–Crippen LogP) is 3.77. The van der Waals surface area contributed by atoms with Gasteiger partial charge in [0.05, 0.1) is 24.6 Å². The van der Waals surface area contributed by atoms with Crippen molar-refractivity contribution >= 4 is 27.6 Å². The molecule has 0 spiro atoms. The zero-order chi connectivity index (χ0) is 21.9. The molecule has 5 rings (SSSR count). The van der Waals surface area contributed by atoms with E-state index in [1.807, 2.05) is 0 Å². The summed E-state index contributed by atoms with van der Waals surface area (Å²) < 4.78 is 46.9. The quantitative estimate of drug-likeness (QED) is 0.511. The van der Waals surface area contributed by atoms with Crippen molar-refractivity contribution in [2.45, 2.75) is 12.6 Å². The summed E-state index contributed by atoms with van der Waals surface area (Å²) in [6.07, 6.45) is 0. The van der Waals surface area contributed by atoms with Gasteiger partial charge in [0.1, 0.15) is 11.5 Å². The number of aromatic nitrogens is 2. The second-order valence-corrected chi connectivity index (χ2v) is 7.49. The molecule has 9 heteroatoms. The summed E-state index contributed by atoms with van der Waals surface area (Å²) in [6, 6.07) is 6.93. The second kappa shape index (κ2) is 6.98. The van der Waals surface area contributed by atoms with Gasteiger partial charge in [-0.25, -0.2) is 13.2 Å². The number of fused-ring (bicyclic) bond motifs is 4. The van der Waals surface area contributed by atoms with E-state index in [2.05, 4.69) is 9.97 Å². The van der Waals surface area contributed by atoms with Gasteiger partial charge >= 0.3 is 0 Å². The molecule has 0 unspecified atom stereocenters. The highest BCUT2D eigenvalue weighted by Crippen LogP contribution is 2.34. The van der Waals surface area contributed by atoms with Crippen LogP contribution in [0.3, 0.4) is 0 Å². The molecule has 0 bridgehead atoms. The van der Waals surface area contributed by atoms with Crippen molar-refractivity contribution in [1.82, 2.24) is 14.9 Å². The molecule has 0 saturated heterocycles. The SMILES string of the molecule is CN(C(=O)c1cc2c(F)c(F)ccc2[nH]1)[C@@H]1COCc2[nH]c(=O)c3cc(F)ccc3c21. The van der Waals surface area contributed by atoms with Crippen LogP contribution < -0.4 is 5.56 Å². The number of carbonyl (C=O) groups excluding carboxylic acids is 1. The molecule has 1 aliphatic rings. The Kier molecular flexibility index (Phi) is 4.37. The van der Waals surface area contributed by atoms with Gasteiger partial charge in [-0.05, 0) is 35.7 Å². The number of likely N-dealkylation sites (N-methyl/N-ethyl adjacent to an activating group) is 1. The van der Waals surface area contributed by atoms with Crippen molar-refractivity contribution in [3.63, 3.8) is 0 Å². The third-order valence-corrected chi connectivity index (χ3v) is 5.67. The predicted molar refractivity (Wildman–Crippen MR) is 107 cm³/mol. The Balaban J connectivity index is 1.60. The number of halogens is 3. The molecule has 6 nitrogen and oxygen atoms in total. The molecule has 0 fully saturated rings. The normalized spacial score (nSPS) is 15.9. The Morgan fingerprint density at radius 3 is 2.68 bits per heavy atom. The lowest BCUT2D eigenvalue weighted by atomic mass is 9.95. The first-order valence-corrected chi connectivity index (χ1v) is 9.51. The van der Waals surface area contributed by atoms with E-state index in [4.69, 9.17) is 4.74 Å². The largest absolute Gasteiger partial charge is 0.373 e. The van der Waals surface area contributed by atoms with Gasteiger partial charge in [0.15, 0.2) is 11.6 Å². The molecule has 2 aromatic heterocycles. The van der Waals surface area contributed by atoms with E-state index >= 15 is 0 Å². The summed E-state index contributed by atoms with van der Waals surface area (Å²) in [4.78, 5) is 32.5. The van der Waals surface area contributed by atoms with Crippen LogP contribution in [-0.4, -0.2) is 34.4 Å². The number of benzene rings is 2. The highest BCUT2D eigenvalue weighted by Gasteiger charge is 2.31. The fourth-order valence-electron chi connectivity index (χ4n) is 4.12. The van der Waals surface area contributed by atoms with Gasteiger partial charge in [0, 0.05) is 29.2 Å². The molecule has 4 aromatic rings. The van der Waals surface area contributed by atoms with Gasteiger partial charge in [0.2, 0.25) is 0 Å². The number of H-pyrrole nitrogens is 2. The molecular weight excluding hydrogens is 411 g/mol. The van der Waals surface area contributed by atoms with Gasteiger partial charge in [-0.2, -0.15) is 0 Å². The van der Waals surface area contributed by atoms with Crippen LogP contribution in [-0.2, 0) is 11.3 Å². The molecule has 3 heterocycles. The summed E-state index contributed by atoms with van der Waals surface area (Å²) in [7, 11) is 1.55. The monoisotopic (exact) mass is 427 g/mol. The van der Waals surface area contributed by atoms with Crippen LogP contribution in [0.4, 0.5) is 13.2 Å². The number of aromatic amines is 2. The van der Waals surface area contributed by atoms with Gasteiger partial charge in [-0.15, -0.1) is 0 Å². The van der Waals surface area contributed by atoms with E-state index in [9.17, 15) is 22.8 Å². The standard InChI is InChI=1S/C22H16F3N3O3/c1-28(22(30)16-7-13-15(26-16)5-4-14(24)20(13)25)18-9-31-8-17-19(18)11-3-2-10(23)6-12(11)21(29)27-17/h2-7,18,26H,8-9H2,1H3,(H,27,29)/t18-/m1/s1. The topological polar surface area (TPSA) is 78.2 Å². The minimum Gasteiger partial charge on any atom is -0.373 e. The zero-order valence-electron chi connectivity index (χ0n) is 16.3. The van der Waals surface area contributed by atoms with E-state index in [0.29, 0.717) is 22.2 Å². The Bertz CT molecular complexity index is 1430. The number of hydrogen-bond acceptors (Lipinski definition) is 3. The van der Waals surface area contributed by atoms with Crippen LogP contribution in [0.5, 0.6) is 0 Å². The lowest BCUT2D eigenvalue weighted by Crippen LogP contribution is -2.37. The van der Waals surface area contributed by atoms with Gasteiger partial charge < -0.3 is 19.6 Å². The van der Waals surface area contributed by atoms with Crippen molar-refractivity contribution in [2.75, 3.05) is 13.7 Å². The number of nitrogens with one attached hydrogen (secondary N) is 2. The summed E-state index contributed by atoms with van der Waals surface area (Å²) >= 11 is 0. The lowest BCUT2D eigenvalue weighted by molar-refractivity contribution is 0.0333. The van der Waals surface area contributed by atoms with Crippen LogP contribution in [0.2, 0.25) is 0 Å². The number of carbonyl (C=O) groups is 1. The van der Waals surface area contributed by atoms with Crippen molar-refractivity contribution in [1.29, 1.82) is 0 Å². The molecule has 1 atom stereocenters. The molecule has 2 N–H and O–H groups in total. The molecule has 2 aromatic carbocycles. The number of nitrogens with zero attached hydrogens (tertiary/aromatic N) is 1. The van der Waals surface area contributed by atoms with Crippen LogP contribution in [0.1, 0.15) is 27.8 Å². The van der Waals surface area contributed by atoms with Crippen molar-refractivity contribution in [2.24, 2.45) is 0 Å². The Morgan fingerprint density at radius 2 is 1.87 bits per heavy atom. The summed E-state index contributed by atoms with van der Waals surface area (Å²) in [5.41, 5.74) is 1.09. The van der Waals surface area contributed by atoms with Crippen molar-refractivity contribution in [3.05, 3.63) is 81.2 Å². The number of hydrogen-bond donors (Lipinski definition) is 2. The van der Waals surface area contributed by atoms with E-state index in [-0.39, 0.29) is 29.7 Å². The Hall–Kier alpha value is -3.59. The molecular formula is C22H16F3N3O3. The molecule has 0 aliphatic carbocycles. The van der Waals surface area contributed by atoms with E-state index in [0.717, 1.165) is 12.1 Å². The van der Waals surface area contributed by atoms with Gasteiger partial charge in [-0.1, -0.05) is 6.07 Å². The van der Waals surface area contributed by atoms with Crippen molar-refractivity contribution in [3.8, 4) is 0 Å². The Labute approximate surface area is 173 Å². The molecule has 0 radical (unpaired) electrons. The first-order chi connectivity index (χ1) is 14.8. The summed E-state index contributed by atoms with van der Waals surface area (Å²) in [5.74, 6) is -3.05.